The van der Waals surface area contributed by atoms with Crippen molar-refractivity contribution in [3.8, 4) is 0 Å². The first kappa shape index (κ1) is 10.7. The third-order valence-electron chi connectivity index (χ3n) is 1.92. The van der Waals surface area contributed by atoms with Crippen molar-refractivity contribution in [1.29, 1.82) is 0 Å². The topological polar surface area (TPSA) is 38.5 Å². The Hall–Kier alpha value is -0.330. The zero-order valence-corrected chi connectivity index (χ0v) is 7.34. The molecule has 0 amide bonds. The van der Waals surface area contributed by atoms with Crippen molar-refractivity contribution < 1.29 is 18.0 Å². The highest BCUT2D eigenvalue weighted by molar-refractivity contribution is 4.83. The van der Waals surface area contributed by atoms with Crippen LogP contribution in [0, 0.1) is 0 Å². The van der Waals surface area contributed by atoms with E-state index in [0.717, 1.165) is 5.06 Å². The summed E-state index contributed by atoms with van der Waals surface area (Å²) in [7, 11) is 0. The molecule has 0 aromatic heterocycles. The molecule has 1 aliphatic heterocycles. The molecule has 1 aliphatic rings. The van der Waals surface area contributed by atoms with Crippen molar-refractivity contribution >= 4 is 0 Å². The molecular weight excluding hydrogens is 185 g/mol. The fourth-order valence-electron chi connectivity index (χ4n) is 1.41. The van der Waals surface area contributed by atoms with E-state index in [1.165, 1.54) is 6.92 Å². The molecule has 0 radical (unpaired) electrons. The first-order valence-corrected chi connectivity index (χ1v) is 4.15. The number of rotatable bonds is 2. The molecule has 13 heavy (non-hydrogen) atoms. The van der Waals surface area contributed by atoms with Crippen LogP contribution in [0.2, 0.25) is 0 Å². The predicted molar refractivity (Wildman–Crippen MR) is 40.8 cm³/mol. The van der Waals surface area contributed by atoms with Crippen molar-refractivity contribution in [2.24, 2.45) is 5.73 Å². The third kappa shape index (κ3) is 2.55. The molecule has 0 bridgehead atoms. The number of nitrogens with two attached hydrogens (primary N) is 1. The second-order valence-corrected chi connectivity index (χ2v) is 3.17. The normalized spacial score (nSPS) is 24.7. The van der Waals surface area contributed by atoms with Gasteiger partial charge in [-0.05, 0) is 13.3 Å². The van der Waals surface area contributed by atoms with Gasteiger partial charge in [0.15, 0.2) is 0 Å². The molecule has 2 N–H and O–H groups in total. The number of hydrogen-bond donors (Lipinski definition) is 1. The summed E-state index contributed by atoms with van der Waals surface area (Å²) in [6, 6.07) is -2.66. The molecule has 1 fully saturated rings. The number of hydroxylamine groups is 2. The SMILES string of the molecule is CC(N)C(N1CCCO1)C(F)(F)F. The second kappa shape index (κ2) is 3.81. The largest absolute Gasteiger partial charge is 0.407 e. The second-order valence-electron chi connectivity index (χ2n) is 3.17. The van der Waals surface area contributed by atoms with Crippen LogP contribution in [0.1, 0.15) is 13.3 Å². The van der Waals surface area contributed by atoms with Crippen molar-refractivity contribution in [1.82, 2.24) is 5.06 Å². The number of hydrogen-bond acceptors (Lipinski definition) is 3. The summed E-state index contributed by atoms with van der Waals surface area (Å²) >= 11 is 0. The Balaban J connectivity index is 2.67. The van der Waals surface area contributed by atoms with Gasteiger partial charge in [-0.2, -0.15) is 18.2 Å². The molecule has 2 atom stereocenters. The van der Waals surface area contributed by atoms with Gasteiger partial charge in [0.25, 0.3) is 0 Å². The van der Waals surface area contributed by atoms with Crippen LogP contribution in [0.5, 0.6) is 0 Å². The Morgan fingerprint density at radius 2 is 2.08 bits per heavy atom. The first-order valence-electron chi connectivity index (χ1n) is 4.15. The molecule has 1 rings (SSSR count). The fraction of sp³-hybridized carbons (Fsp3) is 1.00. The Bertz CT molecular complexity index is 166. The number of nitrogens with zero attached hydrogens (tertiary/aromatic N) is 1. The molecule has 78 valence electrons. The molecule has 0 saturated carbocycles. The summed E-state index contributed by atoms with van der Waals surface area (Å²) in [6.45, 7) is 1.98. The highest BCUT2D eigenvalue weighted by Gasteiger charge is 2.47. The third-order valence-corrected chi connectivity index (χ3v) is 1.92. The van der Waals surface area contributed by atoms with E-state index >= 15 is 0 Å². The fourth-order valence-corrected chi connectivity index (χ4v) is 1.41. The molecule has 2 unspecified atom stereocenters. The van der Waals surface area contributed by atoms with Crippen molar-refractivity contribution in [3.05, 3.63) is 0 Å². The Morgan fingerprint density at radius 1 is 1.46 bits per heavy atom. The van der Waals surface area contributed by atoms with Crippen molar-refractivity contribution in [2.45, 2.75) is 31.6 Å². The Kier molecular flexibility index (Phi) is 3.15. The van der Waals surface area contributed by atoms with E-state index in [1.54, 1.807) is 0 Å². The number of alkyl halides is 3. The van der Waals surface area contributed by atoms with Crippen LogP contribution in [-0.2, 0) is 4.84 Å². The number of halogens is 3. The predicted octanol–water partition coefficient (Wildman–Crippen LogP) is 0.902. The lowest BCUT2D eigenvalue weighted by molar-refractivity contribution is -0.257. The van der Waals surface area contributed by atoms with Gasteiger partial charge in [-0.15, -0.1) is 0 Å². The van der Waals surface area contributed by atoms with E-state index in [2.05, 4.69) is 0 Å². The van der Waals surface area contributed by atoms with Gasteiger partial charge in [0, 0.05) is 12.6 Å². The molecule has 1 heterocycles. The zero-order valence-electron chi connectivity index (χ0n) is 7.34. The molecule has 3 nitrogen and oxygen atoms in total. The van der Waals surface area contributed by atoms with Crippen LogP contribution in [0.15, 0.2) is 0 Å². The molecule has 0 aliphatic carbocycles. The van der Waals surface area contributed by atoms with Crippen LogP contribution in [-0.4, -0.2) is 36.5 Å². The average molecular weight is 198 g/mol. The summed E-state index contributed by atoms with van der Waals surface area (Å²) < 4.78 is 37.3. The molecule has 6 heteroatoms. The van der Waals surface area contributed by atoms with Gasteiger partial charge in [0.2, 0.25) is 0 Å². The lowest BCUT2D eigenvalue weighted by Crippen LogP contribution is -2.53. The molecule has 0 aromatic rings. The summed E-state index contributed by atoms with van der Waals surface area (Å²) in [5, 5.41) is 0.935. The van der Waals surface area contributed by atoms with Gasteiger partial charge in [0.05, 0.1) is 6.61 Å². The van der Waals surface area contributed by atoms with E-state index < -0.39 is 18.3 Å². The Labute approximate surface area is 74.6 Å². The van der Waals surface area contributed by atoms with Crippen LogP contribution >= 0.6 is 0 Å². The van der Waals surface area contributed by atoms with Gasteiger partial charge in [-0.1, -0.05) is 0 Å². The van der Waals surface area contributed by atoms with Crippen LogP contribution < -0.4 is 5.73 Å². The summed E-state index contributed by atoms with van der Waals surface area (Å²) in [5.41, 5.74) is 5.26. The van der Waals surface area contributed by atoms with Gasteiger partial charge < -0.3 is 5.73 Å². The van der Waals surface area contributed by atoms with Crippen LogP contribution in [0.3, 0.4) is 0 Å². The molecule has 0 aromatic carbocycles. The highest BCUT2D eigenvalue weighted by Crippen LogP contribution is 2.28. The van der Waals surface area contributed by atoms with Gasteiger partial charge in [-0.25, -0.2) is 0 Å². The highest BCUT2D eigenvalue weighted by atomic mass is 19.4. The maximum Gasteiger partial charge on any atom is 0.407 e. The maximum atomic E-state index is 12.4. The smallest absolute Gasteiger partial charge is 0.326 e. The minimum Gasteiger partial charge on any atom is -0.326 e. The zero-order chi connectivity index (χ0) is 10.1. The van der Waals surface area contributed by atoms with Gasteiger partial charge in [-0.3, -0.25) is 4.84 Å². The van der Waals surface area contributed by atoms with E-state index in [9.17, 15) is 13.2 Å². The van der Waals surface area contributed by atoms with E-state index in [1.807, 2.05) is 0 Å². The lowest BCUT2D eigenvalue weighted by Gasteiger charge is -2.30. The van der Waals surface area contributed by atoms with Gasteiger partial charge in [0.1, 0.15) is 6.04 Å². The van der Waals surface area contributed by atoms with Crippen LogP contribution in [0.4, 0.5) is 13.2 Å². The summed E-state index contributed by atoms with van der Waals surface area (Å²) in [5.74, 6) is 0. The van der Waals surface area contributed by atoms with Crippen molar-refractivity contribution in [3.63, 3.8) is 0 Å². The summed E-state index contributed by atoms with van der Waals surface area (Å²) in [4.78, 5) is 4.84. The van der Waals surface area contributed by atoms with E-state index in [-0.39, 0.29) is 0 Å². The first-order chi connectivity index (χ1) is 5.93. The molecule has 1 saturated heterocycles. The summed E-state index contributed by atoms with van der Waals surface area (Å²) in [6.07, 6.45) is -3.70. The van der Waals surface area contributed by atoms with Gasteiger partial charge >= 0.3 is 6.18 Å². The van der Waals surface area contributed by atoms with Crippen LogP contribution in [0.25, 0.3) is 0 Å². The monoisotopic (exact) mass is 198 g/mol. The average Bonchev–Trinajstić information content (AvgIpc) is 2.34. The minimum absolute atomic E-state index is 0.297. The quantitative estimate of drug-likeness (QED) is 0.716. The maximum absolute atomic E-state index is 12.4. The van der Waals surface area contributed by atoms with E-state index in [0.29, 0.717) is 19.6 Å². The van der Waals surface area contributed by atoms with E-state index in [4.69, 9.17) is 10.6 Å². The standard InChI is InChI=1S/C7H13F3N2O/c1-5(11)6(7(8,9)10)12-3-2-4-13-12/h5-6H,2-4,11H2,1H3. The lowest BCUT2D eigenvalue weighted by atomic mass is 10.1. The minimum atomic E-state index is -4.32. The molecular formula is C7H13F3N2O. The molecule has 0 spiro atoms. The van der Waals surface area contributed by atoms with Crippen molar-refractivity contribution in [2.75, 3.05) is 13.2 Å². The Morgan fingerprint density at radius 3 is 2.38 bits per heavy atom.